The number of rotatable bonds is 8. The Hall–Kier alpha value is -3.57. The number of amides is 1. The highest BCUT2D eigenvalue weighted by molar-refractivity contribution is 6.31. The minimum absolute atomic E-state index is 0.0169. The highest BCUT2D eigenvalue weighted by Crippen LogP contribution is 2.29. The summed E-state index contributed by atoms with van der Waals surface area (Å²) >= 11 is 6.10. The second-order valence-electron chi connectivity index (χ2n) is 7.28. The summed E-state index contributed by atoms with van der Waals surface area (Å²) in [6.45, 7) is 3.87. The summed E-state index contributed by atoms with van der Waals surface area (Å²) in [5.74, 6) is 0.609. The lowest BCUT2D eigenvalue weighted by Crippen LogP contribution is -2.12. The zero-order valence-electron chi connectivity index (χ0n) is 18.1. The Kier molecular flexibility index (Phi) is 7.68. The number of methoxy groups -OCH3 is 1. The monoisotopic (exact) mass is 449 g/mol. The number of nitrogens with one attached hydrogen (secondary N) is 1. The molecule has 0 fully saturated rings. The van der Waals surface area contributed by atoms with Gasteiger partial charge in [-0.05, 0) is 55.8 Å². The first kappa shape index (κ1) is 23.1. The predicted octanol–water partition coefficient (Wildman–Crippen LogP) is 6.02. The van der Waals surface area contributed by atoms with Crippen molar-refractivity contribution in [3.8, 4) is 11.5 Å². The molecule has 6 heteroatoms. The summed E-state index contributed by atoms with van der Waals surface area (Å²) < 4.78 is 11.1. The number of benzene rings is 3. The maximum absolute atomic E-state index is 12.9. The Morgan fingerprint density at radius 1 is 0.969 bits per heavy atom. The summed E-state index contributed by atoms with van der Waals surface area (Å²) in [6.07, 6.45) is 3.07. The average molecular weight is 450 g/mol. The fraction of sp³-hybridized carbons (Fsp3) is 0.154. The van der Waals surface area contributed by atoms with Crippen LogP contribution < -0.4 is 14.8 Å². The van der Waals surface area contributed by atoms with E-state index in [1.54, 1.807) is 67.8 Å². The first-order valence-electron chi connectivity index (χ1n) is 10.1. The molecule has 0 saturated carbocycles. The molecule has 164 valence electrons. The van der Waals surface area contributed by atoms with Crippen LogP contribution in [0.15, 0.2) is 72.8 Å². The number of hydrogen-bond donors (Lipinski definition) is 1. The van der Waals surface area contributed by atoms with Gasteiger partial charge in [-0.25, -0.2) is 0 Å². The average Bonchev–Trinajstić information content (AvgIpc) is 2.79. The molecule has 0 saturated heterocycles. The number of ether oxygens (including phenoxy) is 2. The molecule has 0 aliphatic rings. The quantitative estimate of drug-likeness (QED) is 0.337. The smallest absolute Gasteiger partial charge is 0.248 e. The van der Waals surface area contributed by atoms with Crippen LogP contribution in [0.1, 0.15) is 35.3 Å². The van der Waals surface area contributed by atoms with Crippen LogP contribution >= 0.6 is 11.6 Å². The highest BCUT2D eigenvalue weighted by atomic mass is 35.5. The van der Waals surface area contributed by atoms with Crippen molar-refractivity contribution in [2.24, 2.45) is 0 Å². The Morgan fingerprint density at radius 3 is 2.41 bits per heavy atom. The number of hydrogen-bond acceptors (Lipinski definition) is 4. The van der Waals surface area contributed by atoms with Gasteiger partial charge in [0, 0.05) is 22.2 Å². The van der Waals surface area contributed by atoms with Gasteiger partial charge in [0.1, 0.15) is 0 Å². The van der Waals surface area contributed by atoms with Crippen LogP contribution in [0.3, 0.4) is 0 Å². The molecule has 1 amide bonds. The Morgan fingerprint density at radius 2 is 1.72 bits per heavy atom. The van der Waals surface area contributed by atoms with Gasteiger partial charge in [0.05, 0.1) is 18.9 Å². The zero-order valence-corrected chi connectivity index (χ0v) is 18.8. The van der Waals surface area contributed by atoms with Crippen molar-refractivity contribution in [1.82, 2.24) is 0 Å². The molecule has 0 spiro atoms. The molecule has 32 heavy (non-hydrogen) atoms. The predicted molar refractivity (Wildman–Crippen MR) is 128 cm³/mol. The second kappa shape index (κ2) is 10.6. The number of halogens is 1. The lowest BCUT2D eigenvalue weighted by atomic mass is 10.0. The topological polar surface area (TPSA) is 64.6 Å². The molecule has 0 unspecified atom stereocenters. The number of anilines is 1. The molecule has 0 aliphatic heterocycles. The first-order chi connectivity index (χ1) is 15.4. The van der Waals surface area contributed by atoms with E-state index >= 15 is 0 Å². The molecule has 3 aromatic rings. The fourth-order valence-electron chi connectivity index (χ4n) is 3.04. The third-order valence-electron chi connectivity index (χ3n) is 4.50. The number of carbonyl (C=O) groups excluding carboxylic acids is 2. The number of ketones is 1. The van der Waals surface area contributed by atoms with E-state index in [-0.39, 0.29) is 17.8 Å². The lowest BCUT2D eigenvalue weighted by molar-refractivity contribution is -0.111. The zero-order chi connectivity index (χ0) is 23.1. The second-order valence-corrected chi connectivity index (χ2v) is 7.72. The first-order valence-corrected chi connectivity index (χ1v) is 10.5. The largest absolute Gasteiger partial charge is 0.493 e. The van der Waals surface area contributed by atoms with Crippen molar-refractivity contribution in [2.75, 3.05) is 12.4 Å². The van der Waals surface area contributed by atoms with Crippen LogP contribution in [0.25, 0.3) is 6.08 Å². The van der Waals surface area contributed by atoms with Crippen molar-refractivity contribution < 1.29 is 19.1 Å². The van der Waals surface area contributed by atoms with E-state index in [2.05, 4.69) is 5.32 Å². The summed E-state index contributed by atoms with van der Waals surface area (Å²) in [6, 6.07) is 19.0. The summed E-state index contributed by atoms with van der Waals surface area (Å²) in [5.41, 5.74) is 1.99. The van der Waals surface area contributed by atoms with Crippen LogP contribution in [0, 0.1) is 0 Å². The van der Waals surface area contributed by atoms with Crippen molar-refractivity contribution in [1.29, 1.82) is 0 Å². The number of carbonyl (C=O) groups is 2. The van der Waals surface area contributed by atoms with E-state index in [0.717, 1.165) is 5.56 Å². The van der Waals surface area contributed by atoms with Gasteiger partial charge in [-0.2, -0.15) is 0 Å². The summed E-state index contributed by atoms with van der Waals surface area (Å²) in [5, 5.41) is 3.17. The van der Waals surface area contributed by atoms with E-state index in [0.29, 0.717) is 33.3 Å². The molecule has 0 radical (unpaired) electrons. The molecular weight excluding hydrogens is 426 g/mol. The van der Waals surface area contributed by atoms with Gasteiger partial charge >= 0.3 is 0 Å². The van der Waals surface area contributed by atoms with Gasteiger partial charge in [-0.3, -0.25) is 9.59 Å². The maximum Gasteiger partial charge on any atom is 0.248 e. The Bertz CT molecular complexity index is 1140. The molecule has 0 aromatic heterocycles. The van der Waals surface area contributed by atoms with Gasteiger partial charge in [0.25, 0.3) is 0 Å². The third kappa shape index (κ3) is 5.99. The molecule has 0 atom stereocenters. The van der Waals surface area contributed by atoms with E-state index < -0.39 is 0 Å². The van der Waals surface area contributed by atoms with Crippen molar-refractivity contribution in [3.05, 3.63) is 94.5 Å². The van der Waals surface area contributed by atoms with E-state index in [9.17, 15) is 9.59 Å². The Balaban J connectivity index is 1.78. The van der Waals surface area contributed by atoms with Crippen molar-refractivity contribution in [2.45, 2.75) is 20.0 Å². The SMILES string of the molecule is COc1cc(/C=C/C(=O)Nc2ccc(Cl)cc2C(=O)c2ccccc2)ccc1OC(C)C. The normalized spacial score (nSPS) is 10.9. The molecule has 0 heterocycles. The minimum Gasteiger partial charge on any atom is -0.493 e. The van der Waals surface area contributed by atoms with Gasteiger partial charge in [0.15, 0.2) is 17.3 Å². The van der Waals surface area contributed by atoms with Crippen LogP contribution in [0.4, 0.5) is 5.69 Å². The van der Waals surface area contributed by atoms with Gasteiger partial charge in [-0.15, -0.1) is 0 Å². The van der Waals surface area contributed by atoms with Crippen molar-refractivity contribution >= 4 is 35.1 Å². The van der Waals surface area contributed by atoms with E-state index in [4.69, 9.17) is 21.1 Å². The van der Waals surface area contributed by atoms with Crippen LogP contribution in [0.5, 0.6) is 11.5 Å². The highest BCUT2D eigenvalue weighted by Gasteiger charge is 2.15. The molecule has 3 rings (SSSR count). The van der Waals surface area contributed by atoms with Crippen LogP contribution in [-0.2, 0) is 4.79 Å². The van der Waals surface area contributed by atoms with Gasteiger partial charge in [-0.1, -0.05) is 48.0 Å². The van der Waals surface area contributed by atoms with Crippen molar-refractivity contribution in [3.63, 3.8) is 0 Å². The molecule has 3 aromatic carbocycles. The van der Waals surface area contributed by atoms with E-state index in [1.165, 1.54) is 6.08 Å². The fourth-order valence-corrected chi connectivity index (χ4v) is 3.22. The van der Waals surface area contributed by atoms with Gasteiger partial charge < -0.3 is 14.8 Å². The molecule has 1 N–H and O–H groups in total. The van der Waals surface area contributed by atoms with Gasteiger partial charge in [0.2, 0.25) is 5.91 Å². The standard InChI is InChI=1S/C26H24ClNO4/c1-17(2)32-23-13-9-18(15-24(23)31-3)10-14-25(29)28-22-12-11-20(27)16-21(22)26(30)19-7-5-4-6-8-19/h4-17H,1-3H3,(H,28,29)/b14-10+. The summed E-state index contributed by atoms with van der Waals surface area (Å²) in [7, 11) is 1.56. The molecular formula is C26H24ClNO4. The minimum atomic E-state index is -0.379. The lowest BCUT2D eigenvalue weighted by Gasteiger charge is -2.13. The molecule has 0 bridgehead atoms. The van der Waals surface area contributed by atoms with Crippen LogP contribution in [0.2, 0.25) is 5.02 Å². The third-order valence-corrected chi connectivity index (χ3v) is 4.73. The summed E-state index contributed by atoms with van der Waals surface area (Å²) in [4.78, 5) is 25.5. The van der Waals surface area contributed by atoms with E-state index in [1.807, 2.05) is 26.0 Å². The Labute approximate surface area is 192 Å². The van der Waals surface area contributed by atoms with Crippen LogP contribution in [-0.4, -0.2) is 24.9 Å². The maximum atomic E-state index is 12.9. The molecule has 5 nitrogen and oxygen atoms in total. The molecule has 0 aliphatic carbocycles.